The fourth-order valence-corrected chi connectivity index (χ4v) is 7.42. The summed E-state index contributed by atoms with van der Waals surface area (Å²) in [6, 6.07) is 12.3. The maximum absolute atomic E-state index is 11.3. The topological polar surface area (TPSA) is 44.8 Å². The molecule has 4 heteroatoms. The highest BCUT2D eigenvalue weighted by molar-refractivity contribution is 5.76. The Morgan fingerprint density at radius 3 is 2.10 bits per heavy atom. The van der Waals surface area contributed by atoms with Crippen molar-refractivity contribution in [1.29, 1.82) is 0 Å². The van der Waals surface area contributed by atoms with Gasteiger partial charge < -0.3 is 14.2 Å². The third kappa shape index (κ3) is 2.76. The number of ether oxygens (including phenoxy) is 3. The third-order valence-electron chi connectivity index (χ3n) is 7.97. The highest BCUT2D eigenvalue weighted by Crippen LogP contribution is 2.68. The Labute approximate surface area is 178 Å². The minimum Gasteiger partial charge on any atom is -0.496 e. The quantitative estimate of drug-likeness (QED) is 0.610. The van der Waals surface area contributed by atoms with Gasteiger partial charge in [0, 0.05) is 27.5 Å². The van der Waals surface area contributed by atoms with Gasteiger partial charge in [-0.25, -0.2) is 0 Å². The van der Waals surface area contributed by atoms with Crippen LogP contribution in [0.15, 0.2) is 36.4 Å². The van der Waals surface area contributed by atoms with Crippen molar-refractivity contribution < 1.29 is 19.0 Å². The van der Waals surface area contributed by atoms with Gasteiger partial charge in [-0.15, -0.1) is 0 Å². The van der Waals surface area contributed by atoms with Crippen LogP contribution in [0.1, 0.15) is 60.0 Å². The highest BCUT2D eigenvalue weighted by Gasteiger charge is 2.60. The van der Waals surface area contributed by atoms with Gasteiger partial charge in [0.15, 0.2) is 11.5 Å². The van der Waals surface area contributed by atoms with Gasteiger partial charge in [-0.05, 0) is 62.5 Å². The molecule has 0 spiro atoms. The molecule has 4 bridgehead atoms. The van der Waals surface area contributed by atoms with Crippen molar-refractivity contribution >= 4 is 6.29 Å². The first-order valence-corrected chi connectivity index (χ1v) is 10.9. The molecule has 4 nitrogen and oxygen atoms in total. The molecular formula is C26H30O4. The fourth-order valence-electron chi connectivity index (χ4n) is 7.42. The van der Waals surface area contributed by atoms with Gasteiger partial charge in [-0.2, -0.15) is 0 Å². The van der Waals surface area contributed by atoms with E-state index in [1.165, 1.54) is 43.2 Å². The summed E-state index contributed by atoms with van der Waals surface area (Å²) in [5, 5.41) is 0. The summed E-state index contributed by atoms with van der Waals surface area (Å²) in [4.78, 5) is 11.3. The van der Waals surface area contributed by atoms with Crippen LogP contribution in [0, 0.1) is 11.8 Å². The molecule has 0 amide bonds. The van der Waals surface area contributed by atoms with E-state index < -0.39 is 0 Å². The number of hydrogen-bond donors (Lipinski definition) is 0. The van der Waals surface area contributed by atoms with Crippen molar-refractivity contribution in [3.8, 4) is 17.2 Å². The Bertz CT molecular complexity index is 965. The smallest absolute Gasteiger partial charge is 0.164 e. The molecule has 0 aromatic heterocycles. The Morgan fingerprint density at radius 2 is 1.50 bits per heavy atom. The van der Waals surface area contributed by atoms with Gasteiger partial charge in [0.1, 0.15) is 12.0 Å². The second-order valence-corrected chi connectivity index (χ2v) is 9.64. The lowest BCUT2D eigenvalue weighted by atomic mass is 9.41. The molecule has 0 N–H and O–H groups in total. The zero-order valence-electron chi connectivity index (χ0n) is 18.1. The molecule has 4 aliphatic rings. The normalized spacial score (nSPS) is 31.4. The average Bonchev–Trinajstić information content (AvgIpc) is 2.77. The molecule has 6 rings (SSSR count). The lowest BCUT2D eigenvalue weighted by Gasteiger charge is -2.63. The summed E-state index contributed by atoms with van der Waals surface area (Å²) >= 11 is 0. The van der Waals surface area contributed by atoms with E-state index in [1.54, 1.807) is 21.3 Å². The largest absolute Gasteiger partial charge is 0.496 e. The minimum atomic E-state index is 0.0882. The van der Waals surface area contributed by atoms with Gasteiger partial charge in [-0.3, -0.25) is 4.79 Å². The number of rotatable bonds is 6. The highest BCUT2D eigenvalue weighted by atomic mass is 16.5. The van der Waals surface area contributed by atoms with E-state index in [2.05, 4.69) is 18.2 Å². The Kier molecular flexibility index (Phi) is 4.57. The summed E-state index contributed by atoms with van der Waals surface area (Å²) < 4.78 is 17.3. The maximum atomic E-state index is 11.3. The van der Waals surface area contributed by atoms with Crippen molar-refractivity contribution in [2.24, 2.45) is 11.8 Å². The summed E-state index contributed by atoms with van der Waals surface area (Å²) in [6.45, 7) is 0. The Balaban J connectivity index is 1.65. The second-order valence-electron chi connectivity index (χ2n) is 9.64. The number of methoxy groups -OCH3 is 3. The maximum Gasteiger partial charge on any atom is 0.164 e. The van der Waals surface area contributed by atoms with Crippen molar-refractivity contribution in [3.63, 3.8) is 0 Å². The van der Waals surface area contributed by atoms with Gasteiger partial charge >= 0.3 is 0 Å². The molecule has 2 atom stereocenters. The van der Waals surface area contributed by atoms with Crippen LogP contribution in [0.5, 0.6) is 17.2 Å². The van der Waals surface area contributed by atoms with E-state index in [0.717, 1.165) is 30.0 Å². The van der Waals surface area contributed by atoms with E-state index in [1.807, 2.05) is 18.2 Å². The molecule has 2 aromatic carbocycles. The zero-order valence-corrected chi connectivity index (χ0v) is 18.1. The van der Waals surface area contributed by atoms with E-state index >= 15 is 0 Å². The lowest BCUT2D eigenvalue weighted by Crippen LogP contribution is -2.56. The Morgan fingerprint density at radius 1 is 0.833 bits per heavy atom. The number of benzene rings is 2. The van der Waals surface area contributed by atoms with E-state index in [4.69, 9.17) is 14.2 Å². The van der Waals surface area contributed by atoms with Crippen LogP contribution < -0.4 is 14.2 Å². The standard InChI is InChI=1S/C26H30O4/c1-28-22-6-4-5-21(24(22)30-3)26-13-18-9-19(14-26)12-25(11-18,16-26)20-8-7-17(15-27)10-23(20)29-2/h4-8,10,15,18-19H,9,11-14,16H2,1-3H3. The van der Waals surface area contributed by atoms with Gasteiger partial charge in [0.2, 0.25) is 0 Å². The molecule has 4 fully saturated rings. The van der Waals surface area contributed by atoms with Crippen LogP contribution in [0.4, 0.5) is 0 Å². The van der Waals surface area contributed by atoms with Gasteiger partial charge in [-0.1, -0.05) is 24.3 Å². The van der Waals surface area contributed by atoms with Crippen LogP contribution >= 0.6 is 0 Å². The number of para-hydroxylation sites is 1. The number of carbonyl (C=O) groups excluding carboxylic acids is 1. The van der Waals surface area contributed by atoms with Crippen molar-refractivity contribution in [3.05, 3.63) is 53.1 Å². The van der Waals surface area contributed by atoms with Crippen LogP contribution in [-0.2, 0) is 10.8 Å². The van der Waals surface area contributed by atoms with Gasteiger partial charge in [0.25, 0.3) is 0 Å². The van der Waals surface area contributed by atoms with Crippen LogP contribution in [0.25, 0.3) is 0 Å². The summed E-state index contributed by atoms with van der Waals surface area (Å²) in [7, 11) is 5.18. The monoisotopic (exact) mass is 406 g/mol. The number of hydrogen-bond acceptors (Lipinski definition) is 4. The SMILES string of the molecule is COc1cc(C=O)ccc1C12CC3CC(C1)CC(c1cccc(OC)c1OC)(C3)C2. The molecule has 4 saturated carbocycles. The molecule has 30 heavy (non-hydrogen) atoms. The van der Waals surface area contributed by atoms with E-state index in [-0.39, 0.29) is 10.8 Å². The average molecular weight is 407 g/mol. The number of carbonyl (C=O) groups is 1. The van der Waals surface area contributed by atoms with E-state index in [9.17, 15) is 4.79 Å². The predicted molar refractivity (Wildman–Crippen MR) is 116 cm³/mol. The molecule has 4 aliphatic carbocycles. The van der Waals surface area contributed by atoms with Gasteiger partial charge in [0.05, 0.1) is 21.3 Å². The summed E-state index contributed by atoms with van der Waals surface area (Å²) in [5.41, 5.74) is 3.43. The molecule has 0 heterocycles. The summed E-state index contributed by atoms with van der Waals surface area (Å²) in [5.74, 6) is 3.97. The summed E-state index contributed by atoms with van der Waals surface area (Å²) in [6.07, 6.45) is 8.14. The molecule has 2 aromatic rings. The molecule has 2 unspecified atom stereocenters. The van der Waals surface area contributed by atoms with Crippen LogP contribution in [0.2, 0.25) is 0 Å². The molecule has 0 saturated heterocycles. The second kappa shape index (κ2) is 7.04. The van der Waals surface area contributed by atoms with Crippen LogP contribution in [-0.4, -0.2) is 27.6 Å². The molecular weight excluding hydrogens is 376 g/mol. The van der Waals surface area contributed by atoms with Crippen LogP contribution in [0.3, 0.4) is 0 Å². The predicted octanol–water partition coefficient (Wildman–Crippen LogP) is 5.31. The van der Waals surface area contributed by atoms with E-state index in [0.29, 0.717) is 17.4 Å². The fraction of sp³-hybridized carbons (Fsp3) is 0.500. The first kappa shape index (κ1) is 19.5. The minimum absolute atomic E-state index is 0.0882. The third-order valence-corrected chi connectivity index (χ3v) is 7.97. The zero-order chi connectivity index (χ0) is 20.9. The Hall–Kier alpha value is -2.49. The van der Waals surface area contributed by atoms with Crippen molar-refractivity contribution in [2.45, 2.75) is 49.4 Å². The molecule has 158 valence electrons. The lowest BCUT2D eigenvalue weighted by molar-refractivity contribution is -0.0298. The first-order valence-electron chi connectivity index (χ1n) is 10.9. The molecule has 0 radical (unpaired) electrons. The number of aldehydes is 1. The van der Waals surface area contributed by atoms with Crippen molar-refractivity contribution in [2.75, 3.05) is 21.3 Å². The van der Waals surface area contributed by atoms with Crippen molar-refractivity contribution in [1.82, 2.24) is 0 Å². The first-order chi connectivity index (χ1) is 14.6. The molecule has 0 aliphatic heterocycles.